The van der Waals surface area contributed by atoms with Gasteiger partial charge in [-0.3, -0.25) is 4.79 Å². The Hall–Kier alpha value is -1.81. The van der Waals surface area contributed by atoms with Gasteiger partial charge in [0, 0.05) is 23.2 Å². The first-order chi connectivity index (χ1) is 8.70. The number of aryl methyl sites for hydroxylation is 1. The van der Waals surface area contributed by atoms with Crippen molar-refractivity contribution in [2.75, 3.05) is 12.4 Å². The topological polar surface area (TPSA) is 41.1 Å². The predicted molar refractivity (Wildman–Crippen MR) is 76.2 cm³/mol. The summed E-state index contributed by atoms with van der Waals surface area (Å²) in [4.78, 5) is 13.2. The van der Waals surface area contributed by atoms with Crippen molar-refractivity contribution in [2.24, 2.45) is 0 Å². The van der Waals surface area contributed by atoms with Crippen LogP contribution < -0.4 is 10.6 Å². The maximum absolute atomic E-state index is 12.0. The molecule has 1 aromatic heterocycles. The van der Waals surface area contributed by atoms with Crippen LogP contribution in [-0.2, 0) is 6.54 Å². The summed E-state index contributed by atoms with van der Waals surface area (Å²) in [6.07, 6.45) is 0. The summed E-state index contributed by atoms with van der Waals surface area (Å²) in [7, 11) is 1.84. The highest BCUT2D eigenvalue weighted by Crippen LogP contribution is 2.15. The lowest BCUT2D eigenvalue weighted by molar-refractivity contribution is 0.0951. The van der Waals surface area contributed by atoms with Crippen LogP contribution in [0.25, 0.3) is 0 Å². The van der Waals surface area contributed by atoms with E-state index >= 15 is 0 Å². The Labute approximate surface area is 111 Å². The molecule has 0 aliphatic heterocycles. The van der Waals surface area contributed by atoms with Gasteiger partial charge in [-0.25, -0.2) is 0 Å². The Bertz CT molecular complexity index is 548. The molecule has 1 amide bonds. The first kappa shape index (κ1) is 12.6. The number of carbonyl (C=O) groups excluding carboxylic acids is 1. The molecule has 0 aliphatic carbocycles. The molecule has 4 heteroatoms. The van der Waals surface area contributed by atoms with E-state index in [1.54, 1.807) is 11.3 Å². The lowest BCUT2D eigenvalue weighted by Gasteiger charge is -2.06. The Balaban J connectivity index is 2.01. The van der Waals surface area contributed by atoms with Crippen LogP contribution in [0.2, 0.25) is 0 Å². The number of carbonyl (C=O) groups is 1. The van der Waals surface area contributed by atoms with Crippen LogP contribution in [0.15, 0.2) is 35.7 Å². The number of nitrogens with one attached hydrogen (secondary N) is 2. The fraction of sp³-hybridized carbons (Fsp3) is 0.214. The van der Waals surface area contributed by atoms with E-state index in [4.69, 9.17) is 0 Å². The predicted octanol–water partition coefficient (Wildman–Crippen LogP) is 3.03. The van der Waals surface area contributed by atoms with E-state index in [1.807, 2.05) is 36.7 Å². The van der Waals surface area contributed by atoms with Crippen LogP contribution in [0.3, 0.4) is 0 Å². The third-order valence-corrected chi connectivity index (χ3v) is 3.81. The molecule has 0 atom stereocenters. The molecule has 0 saturated carbocycles. The van der Waals surface area contributed by atoms with Crippen molar-refractivity contribution in [3.8, 4) is 0 Å². The number of amides is 1. The molecule has 18 heavy (non-hydrogen) atoms. The van der Waals surface area contributed by atoms with Crippen molar-refractivity contribution in [1.29, 1.82) is 0 Å². The van der Waals surface area contributed by atoms with Gasteiger partial charge in [-0.15, -0.1) is 11.3 Å². The van der Waals surface area contributed by atoms with E-state index in [2.05, 4.69) is 23.6 Å². The van der Waals surface area contributed by atoms with Crippen LogP contribution in [0.4, 0.5) is 5.69 Å². The van der Waals surface area contributed by atoms with Crippen molar-refractivity contribution in [3.63, 3.8) is 0 Å². The van der Waals surface area contributed by atoms with E-state index in [-0.39, 0.29) is 5.91 Å². The van der Waals surface area contributed by atoms with Gasteiger partial charge in [0.15, 0.2) is 0 Å². The molecule has 0 saturated heterocycles. The van der Waals surface area contributed by atoms with Gasteiger partial charge < -0.3 is 10.6 Å². The lowest BCUT2D eigenvalue weighted by Crippen LogP contribution is -2.22. The van der Waals surface area contributed by atoms with Crippen molar-refractivity contribution >= 4 is 22.9 Å². The third kappa shape index (κ3) is 2.90. The quantitative estimate of drug-likeness (QED) is 0.887. The monoisotopic (exact) mass is 260 g/mol. The highest BCUT2D eigenvalue weighted by atomic mass is 32.1. The van der Waals surface area contributed by atoms with Gasteiger partial charge in [-0.05, 0) is 42.1 Å². The standard InChI is InChI=1S/C14H16N2OS/c1-10-6-7-18-13(10)9-16-14(17)11-4-3-5-12(8-11)15-2/h3-8,15H,9H2,1-2H3,(H,16,17). The van der Waals surface area contributed by atoms with Crippen LogP contribution in [0.1, 0.15) is 20.8 Å². The van der Waals surface area contributed by atoms with Gasteiger partial charge in [0.05, 0.1) is 6.54 Å². The molecule has 0 radical (unpaired) electrons. The van der Waals surface area contributed by atoms with Gasteiger partial charge in [-0.2, -0.15) is 0 Å². The second kappa shape index (κ2) is 5.69. The normalized spacial score (nSPS) is 10.1. The summed E-state index contributed by atoms with van der Waals surface area (Å²) in [5.74, 6) is -0.0418. The maximum atomic E-state index is 12.0. The summed E-state index contributed by atoms with van der Waals surface area (Å²) in [6, 6.07) is 9.53. The minimum Gasteiger partial charge on any atom is -0.388 e. The molecule has 2 N–H and O–H groups in total. The van der Waals surface area contributed by atoms with Gasteiger partial charge in [0.1, 0.15) is 0 Å². The first-order valence-corrected chi connectivity index (χ1v) is 6.67. The second-order valence-electron chi connectivity index (χ2n) is 4.04. The molecule has 0 fully saturated rings. The second-order valence-corrected chi connectivity index (χ2v) is 5.04. The van der Waals surface area contributed by atoms with Gasteiger partial charge in [-0.1, -0.05) is 6.07 Å². The number of rotatable bonds is 4. The number of hydrogen-bond acceptors (Lipinski definition) is 3. The third-order valence-electron chi connectivity index (χ3n) is 2.79. The number of benzene rings is 1. The van der Waals surface area contributed by atoms with Gasteiger partial charge in [0.25, 0.3) is 5.91 Å². The number of hydrogen-bond donors (Lipinski definition) is 2. The van der Waals surface area contributed by atoms with Crippen LogP contribution in [-0.4, -0.2) is 13.0 Å². The number of anilines is 1. The zero-order chi connectivity index (χ0) is 13.0. The Morgan fingerprint density at radius 1 is 1.33 bits per heavy atom. The molecule has 1 heterocycles. The van der Waals surface area contributed by atoms with E-state index in [9.17, 15) is 4.79 Å². The van der Waals surface area contributed by atoms with Gasteiger partial charge >= 0.3 is 0 Å². The molecule has 0 unspecified atom stereocenters. The highest BCUT2D eigenvalue weighted by Gasteiger charge is 2.07. The van der Waals surface area contributed by atoms with E-state index in [0.29, 0.717) is 12.1 Å². The average molecular weight is 260 g/mol. The summed E-state index contributed by atoms with van der Waals surface area (Å²) in [5.41, 5.74) is 2.84. The van der Waals surface area contributed by atoms with E-state index < -0.39 is 0 Å². The van der Waals surface area contributed by atoms with Crippen molar-refractivity contribution in [1.82, 2.24) is 5.32 Å². The molecule has 3 nitrogen and oxygen atoms in total. The Morgan fingerprint density at radius 3 is 2.83 bits per heavy atom. The molecule has 2 aromatic rings. The van der Waals surface area contributed by atoms with E-state index in [1.165, 1.54) is 10.4 Å². The summed E-state index contributed by atoms with van der Waals surface area (Å²) in [6.45, 7) is 2.64. The smallest absolute Gasteiger partial charge is 0.251 e. The molecule has 2 rings (SSSR count). The Morgan fingerprint density at radius 2 is 2.17 bits per heavy atom. The molecule has 94 valence electrons. The van der Waals surface area contributed by atoms with Gasteiger partial charge in [0.2, 0.25) is 0 Å². The molecule has 0 aliphatic rings. The van der Waals surface area contributed by atoms with Crippen LogP contribution in [0, 0.1) is 6.92 Å². The minimum absolute atomic E-state index is 0.0418. The zero-order valence-electron chi connectivity index (χ0n) is 10.5. The molecule has 1 aromatic carbocycles. The fourth-order valence-electron chi connectivity index (χ4n) is 1.66. The van der Waals surface area contributed by atoms with E-state index in [0.717, 1.165) is 5.69 Å². The summed E-state index contributed by atoms with van der Waals surface area (Å²) in [5, 5.41) is 8.00. The van der Waals surface area contributed by atoms with Crippen LogP contribution >= 0.6 is 11.3 Å². The van der Waals surface area contributed by atoms with Crippen LogP contribution in [0.5, 0.6) is 0 Å². The van der Waals surface area contributed by atoms with Crippen molar-refractivity contribution < 1.29 is 4.79 Å². The molecular weight excluding hydrogens is 244 g/mol. The lowest BCUT2D eigenvalue weighted by atomic mass is 10.2. The summed E-state index contributed by atoms with van der Waals surface area (Å²) >= 11 is 1.67. The number of thiophene rings is 1. The first-order valence-electron chi connectivity index (χ1n) is 5.79. The zero-order valence-corrected chi connectivity index (χ0v) is 11.3. The molecular formula is C14H16N2OS. The largest absolute Gasteiger partial charge is 0.388 e. The SMILES string of the molecule is CNc1cccc(C(=O)NCc2sccc2C)c1. The minimum atomic E-state index is -0.0418. The fourth-order valence-corrected chi connectivity index (χ4v) is 2.51. The van der Waals surface area contributed by atoms with Crippen molar-refractivity contribution in [2.45, 2.75) is 13.5 Å². The maximum Gasteiger partial charge on any atom is 0.251 e. The molecule has 0 bridgehead atoms. The summed E-state index contributed by atoms with van der Waals surface area (Å²) < 4.78 is 0. The Kier molecular flexibility index (Phi) is 3.99. The highest BCUT2D eigenvalue weighted by molar-refractivity contribution is 7.10. The molecule has 0 spiro atoms. The van der Waals surface area contributed by atoms with Crippen molar-refractivity contribution in [3.05, 3.63) is 51.7 Å². The average Bonchev–Trinajstić information content (AvgIpc) is 2.81.